The molecule has 3 nitrogen and oxygen atoms in total. The summed E-state index contributed by atoms with van der Waals surface area (Å²) in [5.41, 5.74) is 9.99. The normalized spacial score (nSPS) is 21.2. The first-order valence-corrected chi connectivity index (χ1v) is 15.4. The second-order valence-electron chi connectivity index (χ2n) is 12.7. The van der Waals surface area contributed by atoms with Crippen LogP contribution in [-0.2, 0) is 14.7 Å². The molecule has 0 radical (unpaired) electrons. The fourth-order valence-electron chi connectivity index (χ4n) is 7.45. The minimum absolute atomic E-state index is 0.421. The van der Waals surface area contributed by atoms with E-state index in [2.05, 4.69) is 125 Å². The van der Waals surface area contributed by atoms with Crippen molar-refractivity contribution in [1.29, 1.82) is 0 Å². The van der Waals surface area contributed by atoms with Gasteiger partial charge in [0.25, 0.3) is 0 Å². The molecule has 0 N–H and O–H groups in total. The summed E-state index contributed by atoms with van der Waals surface area (Å²) in [4.78, 5) is 2.33. The Balaban J connectivity index is 1.34. The predicted molar refractivity (Wildman–Crippen MR) is 169 cm³/mol. The van der Waals surface area contributed by atoms with Crippen LogP contribution in [0.15, 0.2) is 113 Å². The number of benzene rings is 5. The molecular weight excluding hydrogens is 535 g/mol. The van der Waals surface area contributed by atoms with Gasteiger partial charge in [-0.2, -0.15) is 0 Å². The molecule has 5 aromatic rings. The van der Waals surface area contributed by atoms with Crippen LogP contribution in [0.4, 0.5) is 0 Å². The summed E-state index contributed by atoms with van der Waals surface area (Å²) in [6.07, 6.45) is 0. The van der Waals surface area contributed by atoms with Crippen molar-refractivity contribution in [3.63, 3.8) is 0 Å². The maximum absolute atomic E-state index is 6.65. The molecule has 4 aliphatic rings. The Morgan fingerprint density at radius 2 is 1.14 bits per heavy atom. The Morgan fingerprint density at radius 1 is 0.548 bits per heavy atom. The Hall–Kier alpha value is -3.77. The van der Waals surface area contributed by atoms with Crippen LogP contribution in [0.1, 0.15) is 49.9 Å². The topological polar surface area (TPSA) is 27.7 Å². The molecule has 0 amide bonds. The highest BCUT2D eigenvalue weighted by Gasteiger charge is 2.56. The number of hydrogen-bond donors (Lipinski definition) is 0. The van der Waals surface area contributed by atoms with Crippen LogP contribution in [0, 0.1) is 0 Å². The van der Waals surface area contributed by atoms with Crippen LogP contribution in [0.25, 0.3) is 22.3 Å². The van der Waals surface area contributed by atoms with Gasteiger partial charge in [0.1, 0.15) is 11.5 Å². The van der Waals surface area contributed by atoms with E-state index >= 15 is 0 Å². The van der Waals surface area contributed by atoms with Crippen molar-refractivity contribution in [1.82, 2.24) is 0 Å². The summed E-state index contributed by atoms with van der Waals surface area (Å²) in [7, 11) is -0.451. The summed E-state index contributed by atoms with van der Waals surface area (Å²) >= 11 is 1.81. The Morgan fingerprint density at radius 3 is 1.88 bits per heavy atom. The van der Waals surface area contributed by atoms with E-state index in [1.165, 1.54) is 49.4 Å². The van der Waals surface area contributed by atoms with Crippen LogP contribution in [0.5, 0.6) is 11.5 Å². The van der Waals surface area contributed by atoms with Crippen molar-refractivity contribution in [3.8, 4) is 33.8 Å². The Labute approximate surface area is 251 Å². The molecule has 0 bridgehead atoms. The molecule has 42 heavy (non-hydrogen) atoms. The SMILES string of the molecule is CC1(C)OB(c2cccc3c2-c2ccccc2C32c3ccccc3-c3c2ccc2c3Sc3ccccc3O2)OC1(C)C. The van der Waals surface area contributed by atoms with Crippen molar-refractivity contribution < 1.29 is 14.0 Å². The second-order valence-corrected chi connectivity index (χ2v) is 13.7. The summed E-state index contributed by atoms with van der Waals surface area (Å²) < 4.78 is 19.8. The number of ether oxygens (including phenoxy) is 1. The van der Waals surface area contributed by atoms with Crippen LogP contribution in [0.2, 0.25) is 0 Å². The lowest BCUT2D eigenvalue weighted by atomic mass is 9.69. The highest BCUT2D eigenvalue weighted by atomic mass is 32.2. The molecule has 0 aromatic heterocycles. The predicted octanol–water partition coefficient (Wildman–Crippen LogP) is 8.59. The number of rotatable bonds is 1. The Bertz CT molecular complexity index is 1960. The first-order chi connectivity index (χ1) is 20.3. The molecule has 1 fully saturated rings. The molecule has 1 unspecified atom stereocenters. The van der Waals surface area contributed by atoms with Crippen molar-refractivity contribution in [2.45, 2.75) is 54.1 Å². The van der Waals surface area contributed by atoms with Gasteiger partial charge in [0, 0.05) is 5.56 Å². The van der Waals surface area contributed by atoms with E-state index in [4.69, 9.17) is 14.0 Å². The molecule has 1 saturated heterocycles. The van der Waals surface area contributed by atoms with E-state index in [1.807, 2.05) is 17.8 Å². The summed E-state index contributed by atoms with van der Waals surface area (Å²) in [5, 5.41) is 0. The fraction of sp³-hybridized carbons (Fsp3) is 0.189. The molecule has 5 aromatic carbocycles. The summed E-state index contributed by atoms with van der Waals surface area (Å²) in [5.74, 6) is 1.83. The average molecular weight is 565 g/mol. The largest absolute Gasteiger partial charge is 0.495 e. The zero-order chi connectivity index (χ0) is 28.4. The van der Waals surface area contributed by atoms with Gasteiger partial charge in [0.05, 0.1) is 26.4 Å². The van der Waals surface area contributed by atoms with Gasteiger partial charge in [-0.15, -0.1) is 0 Å². The van der Waals surface area contributed by atoms with Gasteiger partial charge < -0.3 is 14.0 Å². The molecule has 2 heterocycles. The van der Waals surface area contributed by atoms with E-state index in [0.717, 1.165) is 21.9 Å². The molecule has 9 rings (SSSR count). The zero-order valence-corrected chi connectivity index (χ0v) is 24.8. The van der Waals surface area contributed by atoms with Gasteiger partial charge in [-0.25, -0.2) is 0 Å². The van der Waals surface area contributed by atoms with E-state index in [0.29, 0.717) is 0 Å². The van der Waals surface area contributed by atoms with Crippen molar-refractivity contribution >= 4 is 24.3 Å². The second kappa shape index (κ2) is 8.20. The van der Waals surface area contributed by atoms with Crippen LogP contribution >= 0.6 is 11.8 Å². The lowest BCUT2D eigenvalue weighted by Gasteiger charge is -2.32. The van der Waals surface area contributed by atoms with Crippen LogP contribution in [-0.4, -0.2) is 18.3 Å². The molecule has 5 heteroatoms. The molecule has 0 saturated carbocycles. The van der Waals surface area contributed by atoms with Gasteiger partial charge in [-0.05, 0) is 90.3 Å². The first-order valence-electron chi connectivity index (χ1n) is 14.6. The zero-order valence-electron chi connectivity index (χ0n) is 24.0. The molecule has 2 aliphatic carbocycles. The minimum atomic E-state index is -0.454. The quantitative estimate of drug-likeness (QED) is 0.187. The van der Waals surface area contributed by atoms with E-state index < -0.39 is 23.7 Å². The summed E-state index contributed by atoms with van der Waals surface area (Å²) in [6, 6.07) is 37.3. The standard InChI is InChI=1S/C37H29BO3S/c1-35(2)36(3,4)41-38(40-35)28-17-11-16-26-32(28)22-12-5-7-14-24(22)37(26)25-15-8-6-13-23(25)33-27(37)20-21-30-34(33)42-31-19-10-9-18-29(31)39-30/h5-21H,1-4H3. The minimum Gasteiger partial charge on any atom is -0.455 e. The third-order valence-electron chi connectivity index (χ3n) is 10.0. The molecule has 2 aliphatic heterocycles. The Kier molecular flexibility index (Phi) is 4.84. The van der Waals surface area contributed by atoms with Gasteiger partial charge >= 0.3 is 7.12 Å². The lowest BCUT2D eigenvalue weighted by Crippen LogP contribution is -2.41. The third-order valence-corrected chi connectivity index (χ3v) is 11.2. The fourth-order valence-corrected chi connectivity index (χ4v) is 8.56. The number of hydrogen-bond acceptors (Lipinski definition) is 4. The maximum atomic E-state index is 6.65. The van der Waals surface area contributed by atoms with E-state index in [9.17, 15) is 0 Å². The highest BCUT2D eigenvalue weighted by Crippen LogP contribution is 2.65. The third kappa shape index (κ3) is 2.96. The molecule has 1 atom stereocenters. The smallest absolute Gasteiger partial charge is 0.455 e. The van der Waals surface area contributed by atoms with Crippen molar-refractivity contribution in [2.24, 2.45) is 0 Å². The summed E-state index contributed by atoms with van der Waals surface area (Å²) in [6.45, 7) is 8.48. The molecule has 204 valence electrons. The van der Waals surface area contributed by atoms with Gasteiger partial charge in [-0.1, -0.05) is 96.7 Å². The first kappa shape index (κ1) is 24.8. The van der Waals surface area contributed by atoms with Crippen molar-refractivity contribution in [3.05, 3.63) is 125 Å². The highest BCUT2D eigenvalue weighted by molar-refractivity contribution is 7.99. The van der Waals surface area contributed by atoms with Gasteiger partial charge in [-0.3, -0.25) is 0 Å². The number of para-hydroxylation sites is 1. The molecular formula is C37H29BO3S. The van der Waals surface area contributed by atoms with Crippen LogP contribution in [0.3, 0.4) is 0 Å². The van der Waals surface area contributed by atoms with E-state index in [1.54, 1.807) is 0 Å². The van der Waals surface area contributed by atoms with Crippen molar-refractivity contribution in [2.75, 3.05) is 0 Å². The van der Waals surface area contributed by atoms with Gasteiger partial charge in [0.2, 0.25) is 0 Å². The number of fused-ring (bicyclic) bond motifs is 13. The lowest BCUT2D eigenvalue weighted by molar-refractivity contribution is 0.00578. The van der Waals surface area contributed by atoms with Crippen LogP contribution < -0.4 is 10.2 Å². The average Bonchev–Trinajstić information content (AvgIpc) is 3.55. The molecule has 1 spiro atoms. The van der Waals surface area contributed by atoms with E-state index in [-0.39, 0.29) is 0 Å². The van der Waals surface area contributed by atoms with Gasteiger partial charge in [0.15, 0.2) is 0 Å². The maximum Gasteiger partial charge on any atom is 0.495 e. The monoisotopic (exact) mass is 564 g/mol.